The number of rotatable bonds is 0. The molecule has 0 rings (SSSR count). The summed E-state index contributed by atoms with van der Waals surface area (Å²) in [5.41, 5.74) is 0. The van der Waals surface area contributed by atoms with Crippen molar-refractivity contribution in [1.82, 2.24) is 0 Å². The van der Waals surface area contributed by atoms with Crippen LogP contribution in [0.5, 0.6) is 0 Å². The van der Waals surface area contributed by atoms with Gasteiger partial charge in [0.1, 0.15) is 0 Å². The summed E-state index contributed by atoms with van der Waals surface area (Å²) in [6.07, 6.45) is 0. The zero-order valence-electron chi connectivity index (χ0n) is 8.41. The molecule has 0 saturated heterocycles. The van der Waals surface area contributed by atoms with Gasteiger partial charge in [-0.2, -0.15) is 11.8 Å². The second kappa shape index (κ2) is 4.88. The van der Waals surface area contributed by atoms with Crippen molar-refractivity contribution in [3.8, 4) is 0 Å². The molecule has 2 heteroatoms. The Labute approximate surface area is 112 Å². The zero-order valence-corrected chi connectivity index (χ0v) is 12.3. The first-order valence-electron chi connectivity index (χ1n) is 3.41. The molecule has 0 bridgehead atoms. The summed E-state index contributed by atoms with van der Waals surface area (Å²) < 4.78 is 0.802. The van der Waals surface area contributed by atoms with Crippen molar-refractivity contribution in [3.63, 3.8) is 0 Å². The fraction of sp³-hybridized carbons (Fsp3) is 1.00. The zero-order chi connectivity index (χ0) is 7.71. The van der Waals surface area contributed by atoms with Crippen LogP contribution in [0.1, 0.15) is 41.5 Å². The summed E-state index contributed by atoms with van der Waals surface area (Å²) >= 11 is 2.01. The first-order chi connectivity index (χ1) is 3.71. The van der Waals surface area contributed by atoms with Crippen LogP contribution >= 0.6 is 11.8 Å². The SMILES string of the molecule is CC(C)(C)SC(C)(C)C.[K]. The van der Waals surface area contributed by atoms with Crippen LogP contribution in [-0.4, -0.2) is 60.9 Å². The molecular formula is C8H18KS. The van der Waals surface area contributed by atoms with Crippen molar-refractivity contribution < 1.29 is 0 Å². The summed E-state index contributed by atoms with van der Waals surface area (Å²) in [6, 6.07) is 0. The monoisotopic (exact) mass is 185 g/mol. The van der Waals surface area contributed by atoms with Crippen molar-refractivity contribution in [2.24, 2.45) is 0 Å². The van der Waals surface area contributed by atoms with Gasteiger partial charge >= 0.3 is 0 Å². The van der Waals surface area contributed by atoms with E-state index in [1.54, 1.807) is 0 Å². The minimum atomic E-state index is 0. The molecule has 1 radical (unpaired) electrons. The quantitative estimate of drug-likeness (QED) is 0.523. The van der Waals surface area contributed by atoms with Gasteiger partial charge < -0.3 is 0 Å². The fourth-order valence-electron chi connectivity index (χ4n) is 0.919. The van der Waals surface area contributed by atoms with Crippen LogP contribution < -0.4 is 0 Å². The molecule has 0 unspecified atom stereocenters. The average molecular weight is 185 g/mol. The standard InChI is InChI=1S/C8H18S.K/c1-7(2,3)9-8(4,5)6;/h1-6H3;. The number of hydrogen-bond acceptors (Lipinski definition) is 1. The molecule has 0 heterocycles. The maximum Gasteiger partial charge on any atom is 0.00803 e. The average Bonchev–Trinajstić information content (AvgIpc) is 1.14. The minimum Gasteiger partial charge on any atom is -0.150 e. The molecule has 0 fully saturated rings. The van der Waals surface area contributed by atoms with E-state index in [-0.39, 0.29) is 51.4 Å². The molecule has 0 nitrogen and oxygen atoms in total. The van der Waals surface area contributed by atoms with Gasteiger partial charge in [0.2, 0.25) is 0 Å². The topological polar surface area (TPSA) is 0 Å². The molecule has 0 aromatic heterocycles. The van der Waals surface area contributed by atoms with Crippen LogP contribution in [0.3, 0.4) is 0 Å². The van der Waals surface area contributed by atoms with Crippen LogP contribution in [0.15, 0.2) is 0 Å². The maximum atomic E-state index is 2.25. The molecule has 0 aromatic rings. The Morgan fingerprint density at radius 2 is 0.900 bits per heavy atom. The summed E-state index contributed by atoms with van der Waals surface area (Å²) in [5.74, 6) is 0. The van der Waals surface area contributed by atoms with Gasteiger partial charge in [-0.05, 0) is 0 Å². The smallest absolute Gasteiger partial charge is 0.00803 e. The van der Waals surface area contributed by atoms with Gasteiger partial charge in [0.25, 0.3) is 0 Å². The molecule has 0 atom stereocenters. The molecule has 0 spiro atoms. The molecule has 0 aliphatic carbocycles. The molecule has 0 aliphatic heterocycles. The van der Waals surface area contributed by atoms with Crippen LogP contribution in [-0.2, 0) is 0 Å². The Morgan fingerprint density at radius 1 is 0.700 bits per heavy atom. The number of hydrogen-bond donors (Lipinski definition) is 0. The van der Waals surface area contributed by atoms with Crippen molar-refractivity contribution >= 4 is 63.1 Å². The Kier molecular flexibility index (Phi) is 7.08. The van der Waals surface area contributed by atoms with E-state index >= 15 is 0 Å². The Hall–Kier alpha value is 1.99. The largest absolute Gasteiger partial charge is 0.150 e. The van der Waals surface area contributed by atoms with Gasteiger partial charge in [0, 0.05) is 60.9 Å². The third-order valence-electron chi connectivity index (χ3n) is 0.612. The minimum absolute atomic E-state index is 0. The second-order valence-electron chi connectivity index (χ2n) is 4.33. The molecule has 0 aliphatic rings. The summed E-state index contributed by atoms with van der Waals surface area (Å²) in [6.45, 7) is 13.5. The van der Waals surface area contributed by atoms with Gasteiger partial charge in [-0.25, -0.2) is 0 Å². The summed E-state index contributed by atoms with van der Waals surface area (Å²) in [4.78, 5) is 0. The Morgan fingerprint density at radius 3 is 0.900 bits per heavy atom. The van der Waals surface area contributed by atoms with E-state index in [1.807, 2.05) is 11.8 Å². The van der Waals surface area contributed by atoms with E-state index < -0.39 is 0 Å². The molecule has 0 aromatic carbocycles. The van der Waals surface area contributed by atoms with E-state index in [2.05, 4.69) is 41.5 Å². The van der Waals surface area contributed by atoms with Crippen molar-refractivity contribution in [2.75, 3.05) is 0 Å². The van der Waals surface area contributed by atoms with Gasteiger partial charge in [-0.3, -0.25) is 0 Å². The van der Waals surface area contributed by atoms with Crippen LogP contribution in [0.4, 0.5) is 0 Å². The third kappa shape index (κ3) is 12.6. The third-order valence-corrected chi connectivity index (χ3v) is 1.84. The van der Waals surface area contributed by atoms with Crippen molar-refractivity contribution in [3.05, 3.63) is 0 Å². The van der Waals surface area contributed by atoms with Gasteiger partial charge in [-0.1, -0.05) is 41.5 Å². The molecular weight excluding hydrogens is 167 g/mol. The Bertz CT molecular complexity index is 74.4. The van der Waals surface area contributed by atoms with Crippen molar-refractivity contribution in [2.45, 2.75) is 51.0 Å². The van der Waals surface area contributed by atoms with Crippen LogP contribution in [0.2, 0.25) is 0 Å². The van der Waals surface area contributed by atoms with Gasteiger partial charge in [-0.15, -0.1) is 0 Å². The van der Waals surface area contributed by atoms with E-state index in [4.69, 9.17) is 0 Å². The second-order valence-corrected chi connectivity index (χ2v) is 6.98. The Balaban J connectivity index is 0. The van der Waals surface area contributed by atoms with E-state index in [9.17, 15) is 0 Å². The number of thioether (sulfide) groups is 1. The van der Waals surface area contributed by atoms with Crippen molar-refractivity contribution in [1.29, 1.82) is 0 Å². The summed E-state index contributed by atoms with van der Waals surface area (Å²) in [5, 5.41) is 0. The first kappa shape index (κ1) is 14.5. The van der Waals surface area contributed by atoms with E-state index in [0.717, 1.165) is 0 Å². The van der Waals surface area contributed by atoms with E-state index in [0.29, 0.717) is 9.49 Å². The molecule has 10 heavy (non-hydrogen) atoms. The van der Waals surface area contributed by atoms with Gasteiger partial charge in [0.05, 0.1) is 0 Å². The molecule has 0 saturated carbocycles. The predicted molar refractivity (Wildman–Crippen MR) is 52.9 cm³/mol. The van der Waals surface area contributed by atoms with Gasteiger partial charge in [0.15, 0.2) is 0 Å². The van der Waals surface area contributed by atoms with Crippen LogP contribution in [0, 0.1) is 0 Å². The first-order valence-corrected chi connectivity index (χ1v) is 4.22. The maximum absolute atomic E-state index is 2.25. The van der Waals surface area contributed by atoms with E-state index in [1.165, 1.54) is 0 Å². The van der Waals surface area contributed by atoms with Crippen LogP contribution in [0.25, 0.3) is 0 Å². The molecule has 57 valence electrons. The predicted octanol–water partition coefficient (Wildman–Crippen LogP) is 2.94. The fourth-order valence-corrected chi connectivity index (χ4v) is 2.76. The summed E-state index contributed by atoms with van der Waals surface area (Å²) in [7, 11) is 0. The normalized spacial score (nSPS) is 12.6. The molecule has 0 N–H and O–H groups in total. The molecule has 0 amide bonds.